The fourth-order valence-electron chi connectivity index (χ4n) is 2.45. The highest BCUT2D eigenvalue weighted by Crippen LogP contribution is 2.22. The van der Waals surface area contributed by atoms with Crippen LogP contribution in [0.3, 0.4) is 0 Å². The van der Waals surface area contributed by atoms with Gasteiger partial charge >= 0.3 is 0 Å². The summed E-state index contributed by atoms with van der Waals surface area (Å²) >= 11 is 0. The smallest absolute Gasteiger partial charge is 0.221 e. The first-order valence-corrected chi connectivity index (χ1v) is 7.94. The van der Waals surface area contributed by atoms with E-state index in [9.17, 15) is 9.18 Å². The van der Waals surface area contributed by atoms with Crippen LogP contribution in [0.5, 0.6) is 5.75 Å². The minimum absolute atomic E-state index is 0.0210. The highest BCUT2D eigenvalue weighted by molar-refractivity contribution is 5.76. The number of benzene rings is 2. The largest absolute Gasteiger partial charge is 0.497 e. The van der Waals surface area contributed by atoms with E-state index >= 15 is 0 Å². The molecule has 2 aromatic rings. The van der Waals surface area contributed by atoms with Gasteiger partial charge in [0.05, 0.1) is 13.2 Å². The quantitative estimate of drug-likeness (QED) is 0.782. The summed E-state index contributed by atoms with van der Waals surface area (Å²) in [5.74, 6) is 0.478. The number of nitrogens with one attached hydrogen (secondary N) is 2. The van der Waals surface area contributed by atoms with Crippen molar-refractivity contribution in [1.29, 1.82) is 0 Å². The summed E-state index contributed by atoms with van der Waals surface area (Å²) in [6, 6.07) is 13.8. The summed E-state index contributed by atoms with van der Waals surface area (Å²) in [6.45, 7) is 0.623. The lowest BCUT2D eigenvalue weighted by atomic mass is 9.98. The average molecular weight is 330 g/mol. The van der Waals surface area contributed by atoms with Crippen molar-refractivity contribution in [3.8, 4) is 5.75 Å². The van der Waals surface area contributed by atoms with Gasteiger partial charge in [-0.3, -0.25) is 4.79 Å². The highest BCUT2D eigenvalue weighted by atomic mass is 19.1. The van der Waals surface area contributed by atoms with Crippen LogP contribution in [0.4, 0.5) is 4.39 Å². The number of methoxy groups -OCH3 is 1. The van der Waals surface area contributed by atoms with Crippen LogP contribution in [0.25, 0.3) is 0 Å². The third-order valence-electron chi connectivity index (χ3n) is 3.81. The predicted molar refractivity (Wildman–Crippen MR) is 92.5 cm³/mol. The Balaban J connectivity index is 2.15. The first kappa shape index (κ1) is 17.9. The molecule has 0 aliphatic rings. The fraction of sp³-hybridized carbons (Fsp3) is 0.316. The Hall–Kier alpha value is -2.40. The number of amides is 1. The molecular formula is C19H23FN2O2. The summed E-state index contributed by atoms with van der Waals surface area (Å²) < 4.78 is 18.3. The molecule has 0 fully saturated rings. The number of carbonyl (C=O) groups is 1. The van der Waals surface area contributed by atoms with Gasteiger partial charge < -0.3 is 15.4 Å². The minimum atomic E-state index is -0.266. The summed E-state index contributed by atoms with van der Waals surface area (Å²) in [5.41, 5.74) is 1.95. The number of halogens is 1. The number of carbonyl (C=O) groups excluding carboxylic acids is 1. The molecule has 5 heteroatoms. The van der Waals surface area contributed by atoms with E-state index in [0.29, 0.717) is 19.4 Å². The Bertz CT molecular complexity index is 641. The molecule has 2 rings (SSSR count). The molecule has 0 heterocycles. The predicted octanol–water partition coefficient (Wildman–Crippen LogP) is 2.84. The van der Waals surface area contributed by atoms with Gasteiger partial charge in [0.25, 0.3) is 0 Å². The molecule has 0 saturated carbocycles. The lowest BCUT2D eigenvalue weighted by Crippen LogP contribution is -2.31. The lowest BCUT2D eigenvalue weighted by molar-refractivity contribution is -0.121. The van der Waals surface area contributed by atoms with Crippen LogP contribution in [0.2, 0.25) is 0 Å². The molecular weight excluding hydrogens is 307 g/mol. The molecule has 1 atom stereocenters. The SMILES string of the molecule is CNCCC(=O)NC(Cc1ccc(F)cc1)c1ccc(OC)cc1. The topological polar surface area (TPSA) is 50.4 Å². The monoisotopic (exact) mass is 330 g/mol. The summed E-state index contributed by atoms with van der Waals surface area (Å²) in [4.78, 5) is 12.1. The molecule has 0 radical (unpaired) electrons. The van der Waals surface area contributed by atoms with Crippen LogP contribution in [0, 0.1) is 5.82 Å². The van der Waals surface area contributed by atoms with Gasteiger partial charge in [-0.05, 0) is 48.9 Å². The van der Waals surface area contributed by atoms with Crippen LogP contribution >= 0.6 is 0 Å². The Labute approximate surface area is 142 Å². The van der Waals surface area contributed by atoms with Gasteiger partial charge in [0.1, 0.15) is 11.6 Å². The minimum Gasteiger partial charge on any atom is -0.497 e. The van der Waals surface area contributed by atoms with Crippen LogP contribution in [-0.2, 0) is 11.2 Å². The lowest BCUT2D eigenvalue weighted by Gasteiger charge is -2.20. The second kappa shape index (κ2) is 9.03. The molecule has 0 aromatic heterocycles. The van der Waals surface area contributed by atoms with Gasteiger partial charge in [0.2, 0.25) is 5.91 Å². The zero-order valence-corrected chi connectivity index (χ0v) is 14.0. The third-order valence-corrected chi connectivity index (χ3v) is 3.81. The maximum atomic E-state index is 13.1. The van der Waals surface area contributed by atoms with E-state index in [4.69, 9.17) is 4.74 Å². The average Bonchev–Trinajstić information content (AvgIpc) is 2.61. The van der Waals surface area contributed by atoms with Crippen molar-refractivity contribution in [1.82, 2.24) is 10.6 Å². The van der Waals surface area contributed by atoms with E-state index in [1.54, 1.807) is 19.2 Å². The maximum Gasteiger partial charge on any atom is 0.221 e. The van der Waals surface area contributed by atoms with Gasteiger partial charge in [-0.15, -0.1) is 0 Å². The van der Waals surface area contributed by atoms with E-state index in [-0.39, 0.29) is 17.8 Å². The van der Waals surface area contributed by atoms with Crippen molar-refractivity contribution >= 4 is 5.91 Å². The standard InChI is InChI=1S/C19H23FN2O2/c1-21-12-11-19(23)22-18(13-14-3-7-16(20)8-4-14)15-5-9-17(24-2)10-6-15/h3-10,18,21H,11-13H2,1-2H3,(H,22,23). The number of hydrogen-bond donors (Lipinski definition) is 2. The Kier molecular flexibility index (Phi) is 6.75. The van der Waals surface area contributed by atoms with E-state index in [1.807, 2.05) is 31.3 Å². The molecule has 128 valence electrons. The second-order valence-corrected chi connectivity index (χ2v) is 5.58. The van der Waals surface area contributed by atoms with Crippen molar-refractivity contribution in [2.45, 2.75) is 18.9 Å². The van der Waals surface area contributed by atoms with Crippen molar-refractivity contribution in [3.05, 3.63) is 65.5 Å². The van der Waals surface area contributed by atoms with Gasteiger partial charge in [0, 0.05) is 13.0 Å². The molecule has 4 nitrogen and oxygen atoms in total. The molecule has 0 bridgehead atoms. The van der Waals surface area contributed by atoms with E-state index < -0.39 is 0 Å². The first-order chi connectivity index (χ1) is 11.6. The van der Waals surface area contributed by atoms with Crippen LogP contribution < -0.4 is 15.4 Å². The summed E-state index contributed by atoms with van der Waals surface area (Å²) in [5, 5.41) is 6.02. The number of ether oxygens (including phenoxy) is 1. The van der Waals surface area contributed by atoms with Gasteiger partial charge in [-0.1, -0.05) is 24.3 Å². The molecule has 24 heavy (non-hydrogen) atoms. The van der Waals surface area contributed by atoms with E-state index in [0.717, 1.165) is 16.9 Å². The van der Waals surface area contributed by atoms with Crippen molar-refractivity contribution in [3.63, 3.8) is 0 Å². The molecule has 0 aliphatic heterocycles. The van der Waals surface area contributed by atoms with E-state index in [2.05, 4.69) is 10.6 Å². The third kappa shape index (κ3) is 5.35. The Morgan fingerprint density at radius 3 is 2.38 bits per heavy atom. The Morgan fingerprint density at radius 2 is 1.79 bits per heavy atom. The Morgan fingerprint density at radius 1 is 1.12 bits per heavy atom. The highest BCUT2D eigenvalue weighted by Gasteiger charge is 2.15. The maximum absolute atomic E-state index is 13.1. The van der Waals surface area contributed by atoms with Crippen LogP contribution in [0.15, 0.2) is 48.5 Å². The normalized spacial score (nSPS) is 11.8. The first-order valence-electron chi connectivity index (χ1n) is 7.94. The molecule has 1 amide bonds. The second-order valence-electron chi connectivity index (χ2n) is 5.58. The van der Waals surface area contributed by atoms with Gasteiger partial charge in [-0.2, -0.15) is 0 Å². The molecule has 1 unspecified atom stereocenters. The zero-order chi connectivity index (χ0) is 17.4. The molecule has 0 saturated heterocycles. The zero-order valence-electron chi connectivity index (χ0n) is 14.0. The molecule has 0 aliphatic carbocycles. The van der Waals surface area contributed by atoms with Gasteiger partial charge in [0.15, 0.2) is 0 Å². The van der Waals surface area contributed by atoms with E-state index in [1.165, 1.54) is 12.1 Å². The molecule has 2 N–H and O–H groups in total. The van der Waals surface area contributed by atoms with Crippen LogP contribution in [-0.4, -0.2) is 26.6 Å². The van der Waals surface area contributed by atoms with Crippen molar-refractivity contribution < 1.29 is 13.9 Å². The number of hydrogen-bond acceptors (Lipinski definition) is 3. The molecule has 2 aromatic carbocycles. The van der Waals surface area contributed by atoms with Crippen molar-refractivity contribution in [2.24, 2.45) is 0 Å². The van der Waals surface area contributed by atoms with Crippen LogP contribution in [0.1, 0.15) is 23.6 Å². The fourth-order valence-corrected chi connectivity index (χ4v) is 2.45. The molecule has 0 spiro atoms. The van der Waals surface area contributed by atoms with Crippen molar-refractivity contribution in [2.75, 3.05) is 20.7 Å². The van der Waals surface area contributed by atoms with Gasteiger partial charge in [-0.25, -0.2) is 4.39 Å². The summed E-state index contributed by atoms with van der Waals surface area (Å²) in [7, 11) is 3.43. The summed E-state index contributed by atoms with van der Waals surface area (Å²) in [6.07, 6.45) is 1.00. The number of rotatable bonds is 8.